The summed E-state index contributed by atoms with van der Waals surface area (Å²) in [7, 11) is 1.69. The van der Waals surface area contributed by atoms with E-state index in [1.165, 1.54) is 16.7 Å². The molecule has 0 spiro atoms. The molecule has 2 saturated heterocycles. The lowest BCUT2D eigenvalue weighted by atomic mass is 9.71. The Bertz CT molecular complexity index is 960. The summed E-state index contributed by atoms with van der Waals surface area (Å²) >= 11 is 0. The minimum absolute atomic E-state index is 0.242. The summed E-state index contributed by atoms with van der Waals surface area (Å²) in [6.07, 6.45) is 0.484. The number of ether oxygens (including phenoxy) is 5. The van der Waals surface area contributed by atoms with Gasteiger partial charge in [-0.15, -0.1) is 0 Å². The minimum Gasteiger partial charge on any atom is -0.497 e. The molecule has 2 atom stereocenters. The van der Waals surface area contributed by atoms with Gasteiger partial charge in [0.1, 0.15) is 42.7 Å². The fraction of sp³-hybridized carbons (Fsp3) is 0.333. The van der Waals surface area contributed by atoms with E-state index in [1.807, 2.05) is 36.4 Å². The molecule has 3 aromatic carbocycles. The smallest absolute Gasteiger partial charge is 0.119 e. The van der Waals surface area contributed by atoms with Gasteiger partial charge in [-0.1, -0.05) is 36.4 Å². The average Bonchev–Trinajstić information content (AvgIpc) is 3.77. The van der Waals surface area contributed by atoms with Crippen molar-refractivity contribution >= 4 is 0 Å². The third kappa shape index (κ3) is 4.59. The number of epoxide rings is 2. The fourth-order valence-corrected chi connectivity index (χ4v) is 3.90. The Morgan fingerprint density at radius 1 is 0.656 bits per heavy atom. The molecule has 0 aliphatic carbocycles. The van der Waals surface area contributed by atoms with Gasteiger partial charge in [0.2, 0.25) is 0 Å². The maximum atomic E-state index is 5.84. The van der Waals surface area contributed by atoms with E-state index in [2.05, 4.69) is 43.3 Å². The molecule has 2 unspecified atom stereocenters. The van der Waals surface area contributed by atoms with Gasteiger partial charge in [-0.25, -0.2) is 0 Å². The molecule has 0 N–H and O–H groups in total. The molecular weight excluding hydrogens is 404 g/mol. The third-order valence-corrected chi connectivity index (χ3v) is 6.21. The number of methoxy groups -OCH3 is 1. The van der Waals surface area contributed by atoms with Gasteiger partial charge < -0.3 is 23.7 Å². The number of hydrogen-bond acceptors (Lipinski definition) is 5. The van der Waals surface area contributed by atoms with E-state index in [-0.39, 0.29) is 17.6 Å². The van der Waals surface area contributed by atoms with Crippen molar-refractivity contribution in [3.05, 3.63) is 89.5 Å². The Hall–Kier alpha value is -3.02. The molecule has 166 valence electrons. The van der Waals surface area contributed by atoms with Crippen LogP contribution in [-0.4, -0.2) is 45.7 Å². The second kappa shape index (κ2) is 8.85. The van der Waals surface area contributed by atoms with Crippen LogP contribution in [0.5, 0.6) is 17.2 Å². The molecule has 0 bridgehead atoms. The maximum absolute atomic E-state index is 5.84. The molecule has 5 rings (SSSR count). The second-order valence-corrected chi connectivity index (χ2v) is 8.43. The topological polar surface area (TPSA) is 52.8 Å². The van der Waals surface area contributed by atoms with Crippen LogP contribution in [0.3, 0.4) is 0 Å². The zero-order valence-electron chi connectivity index (χ0n) is 18.5. The van der Waals surface area contributed by atoms with Gasteiger partial charge in [0.05, 0.1) is 20.3 Å². The first kappa shape index (κ1) is 20.9. The summed E-state index contributed by atoms with van der Waals surface area (Å²) in [6, 6.07) is 25.0. The Kier molecular flexibility index (Phi) is 5.77. The highest BCUT2D eigenvalue weighted by Crippen LogP contribution is 2.40. The van der Waals surface area contributed by atoms with Crippen molar-refractivity contribution in [3.63, 3.8) is 0 Å². The lowest BCUT2D eigenvalue weighted by Gasteiger charge is -2.32. The lowest BCUT2D eigenvalue weighted by molar-refractivity contribution is 0.263. The monoisotopic (exact) mass is 432 g/mol. The Morgan fingerprint density at radius 2 is 1.00 bits per heavy atom. The molecular formula is C27H28O5. The van der Waals surface area contributed by atoms with Crippen LogP contribution < -0.4 is 14.2 Å². The maximum Gasteiger partial charge on any atom is 0.119 e. The van der Waals surface area contributed by atoms with Crippen molar-refractivity contribution in [1.82, 2.24) is 0 Å². The van der Waals surface area contributed by atoms with E-state index >= 15 is 0 Å². The lowest BCUT2D eigenvalue weighted by Crippen LogP contribution is -2.25. The summed E-state index contributed by atoms with van der Waals surface area (Å²) in [5, 5.41) is 0. The first-order valence-corrected chi connectivity index (χ1v) is 11.0. The van der Waals surface area contributed by atoms with Crippen LogP contribution in [0.25, 0.3) is 0 Å². The van der Waals surface area contributed by atoms with Crippen LogP contribution in [0, 0.1) is 0 Å². The first-order chi connectivity index (χ1) is 15.6. The highest BCUT2D eigenvalue weighted by molar-refractivity contribution is 5.52. The Balaban J connectivity index is 1.44. The fourth-order valence-electron chi connectivity index (χ4n) is 3.90. The highest BCUT2D eigenvalue weighted by Gasteiger charge is 2.32. The van der Waals surface area contributed by atoms with Crippen LogP contribution in [0.15, 0.2) is 72.8 Å². The molecule has 2 aliphatic rings. The molecule has 32 heavy (non-hydrogen) atoms. The van der Waals surface area contributed by atoms with Gasteiger partial charge in [-0.2, -0.15) is 0 Å². The van der Waals surface area contributed by atoms with E-state index < -0.39 is 0 Å². The molecule has 3 aromatic rings. The Morgan fingerprint density at radius 3 is 1.31 bits per heavy atom. The molecule has 2 heterocycles. The van der Waals surface area contributed by atoms with E-state index in [0.29, 0.717) is 13.2 Å². The Labute approximate surface area is 188 Å². The van der Waals surface area contributed by atoms with Crippen molar-refractivity contribution < 1.29 is 23.7 Å². The van der Waals surface area contributed by atoms with Crippen molar-refractivity contribution in [2.24, 2.45) is 0 Å². The van der Waals surface area contributed by atoms with Crippen LogP contribution in [0.2, 0.25) is 0 Å². The predicted octanol–water partition coefficient (Wildman–Crippen LogP) is 4.60. The SMILES string of the molecule is COc1ccc(C(C)(c2ccc(OCC3CO3)cc2)c2ccc(OCC3CO3)cc2)cc1. The summed E-state index contributed by atoms with van der Waals surface area (Å²) in [5.74, 6) is 2.55. The van der Waals surface area contributed by atoms with Crippen LogP contribution in [-0.2, 0) is 14.9 Å². The average molecular weight is 433 g/mol. The van der Waals surface area contributed by atoms with Crippen molar-refractivity contribution in [1.29, 1.82) is 0 Å². The van der Waals surface area contributed by atoms with Gasteiger partial charge in [0.25, 0.3) is 0 Å². The standard InChI is InChI=1S/C27H28O5/c1-27(19-3-9-22(28-2)10-4-19,20-5-11-23(12-6-20)29-15-25-17-31-25)21-7-13-24(14-8-21)30-16-26-18-32-26/h3-14,25-26H,15-18H2,1-2H3. The van der Waals surface area contributed by atoms with Crippen molar-refractivity contribution in [3.8, 4) is 17.2 Å². The number of hydrogen-bond donors (Lipinski definition) is 0. The summed E-state index contributed by atoms with van der Waals surface area (Å²) in [6.45, 7) is 5.03. The van der Waals surface area contributed by atoms with E-state index in [0.717, 1.165) is 30.5 Å². The molecule has 0 amide bonds. The van der Waals surface area contributed by atoms with Crippen LogP contribution >= 0.6 is 0 Å². The number of rotatable bonds is 10. The summed E-state index contributed by atoms with van der Waals surface area (Å²) < 4.78 is 27.5. The third-order valence-electron chi connectivity index (χ3n) is 6.21. The van der Waals surface area contributed by atoms with E-state index in [1.54, 1.807) is 7.11 Å². The van der Waals surface area contributed by atoms with Crippen LogP contribution in [0.1, 0.15) is 23.6 Å². The molecule has 5 nitrogen and oxygen atoms in total. The molecule has 0 saturated carbocycles. The molecule has 2 aliphatic heterocycles. The molecule has 5 heteroatoms. The normalized spacial score (nSPS) is 20.8. The number of benzene rings is 3. The molecule has 2 fully saturated rings. The van der Waals surface area contributed by atoms with Crippen molar-refractivity contribution in [2.75, 3.05) is 33.5 Å². The molecule has 0 aromatic heterocycles. The predicted molar refractivity (Wildman–Crippen MR) is 122 cm³/mol. The summed E-state index contributed by atoms with van der Waals surface area (Å²) in [4.78, 5) is 0. The summed E-state index contributed by atoms with van der Waals surface area (Å²) in [5.41, 5.74) is 3.18. The zero-order valence-corrected chi connectivity index (χ0v) is 18.5. The highest BCUT2D eigenvalue weighted by atomic mass is 16.6. The van der Waals surface area contributed by atoms with Gasteiger partial charge >= 0.3 is 0 Å². The van der Waals surface area contributed by atoms with E-state index in [4.69, 9.17) is 23.7 Å². The van der Waals surface area contributed by atoms with Crippen LogP contribution in [0.4, 0.5) is 0 Å². The second-order valence-electron chi connectivity index (χ2n) is 8.43. The van der Waals surface area contributed by atoms with Gasteiger partial charge in [0.15, 0.2) is 0 Å². The molecule has 0 radical (unpaired) electrons. The van der Waals surface area contributed by atoms with Gasteiger partial charge in [-0.05, 0) is 60.0 Å². The van der Waals surface area contributed by atoms with E-state index in [9.17, 15) is 0 Å². The largest absolute Gasteiger partial charge is 0.497 e. The van der Waals surface area contributed by atoms with Gasteiger partial charge in [-0.3, -0.25) is 0 Å². The zero-order chi connectivity index (χ0) is 22.0. The van der Waals surface area contributed by atoms with Crippen molar-refractivity contribution in [2.45, 2.75) is 24.5 Å². The van der Waals surface area contributed by atoms with Gasteiger partial charge in [0, 0.05) is 5.41 Å². The quantitative estimate of drug-likeness (QED) is 0.346. The minimum atomic E-state index is -0.359. The first-order valence-electron chi connectivity index (χ1n) is 11.0.